The van der Waals surface area contributed by atoms with E-state index in [1.54, 1.807) is 0 Å². The van der Waals surface area contributed by atoms with E-state index in [1.807, 2.05) is 104 Å². The van der Waals surface area contributed by atoms with Gasteiger partial charge in [0.15, 0.2) is 0 Å². The molecule has 1 atom stereocenters. The van der Waals surface area contributed by atoms with Gasteiger partial charge in [-0.05, 0) is 31.0 Å². The Kier molecular flexibility index (Phi) is 4.58. The van der Waals surface area contributed by atoms with Crippen molar-refractivity contribution in [3.05, 3.63) is 107 Å². The molecule has 0 saturated heterocycles. The third-order valence-corrected chi connectivity index (χ3v) is 5.60. The van der Waals surface area contributed by atoms with Crippen LogP contribution in [0.3, 0.4) is 0 Å². The molecule has 4 rings (SSSR count). The van der Waals surface area contributed by atoms with Crippen LogP contribution in [-0.4, -0.2) is 14.8 Å². The van der Waals surface area contributed by atoms with E-state index < -0.39 is 11.7 Å². The van der Waals surface area contributed by atoms with Gasteiger partial charge in [0, 0.05) is 29.7 Å². The number of rotatable bonds is 4. The molecule has 1 unspecified atom stereocenters. The lowest BCUT2D eigenvalue weighted by molar-refractivity contribution is -0.0511. The van der Waals surface area contributed by atoms with Crippen LogP contribution in [0.15, 0.2) is 79.0 Å². The van der Waals surface area contributed by atoms with Gasteiger partial charge in [-0.2, -0.15) is 0 Å². The second-order valence-corrected chi connectivity index (χ2v) is 7.61. The van der Waals surface area contributed by atoms with Crippen LogP contribution in [0.25, 0.3) is 10.9 Å². The minimum absolute atomic E-state index is 0.669. The third kappa shape index (κ3) is 2.93. The maximum absolute atomic E-state index is 12.0. The molecule has 1 heterocycles. The van der Waals surface area contributed by atoms with E-state index >= 15 is 0 Å². The number of hydrogen-bond acceptors (Lipinski definition) is 2. The fraction of sp³-hybridized carbons (Fsp3) is 0.200. The molecular formula is C25H25NO2. The smallest absolute Gasteiger partial charge is 0.145 e. The van der Waals surface area contributed by atoms with Crippen molar-refractivity contribution in [3.8, 4) is 0 Å². The molecule has 0 bridgehead atoms. The topological polar surface area (TPSA) is 45.4 Å². The summed E-state index contributed by atoms with van der Waals surface area (Å²) in [5.41, 5.74) is 3.72. The van der Waals surface area contributed by atoms with Crippen LogP contribution in [0.4, 0.5) is 0 Å². The highest BCUT2D eigenvalue weighted by Crippen LogP contribution is 2.43. The van der Waals surface area contributed by atoms with E-state index in [4.69, 9.17) is 0 Å². The lowest BCUT2D eigenvalue weighted by Crippen LogP contribution is -2.35. The summed E-state index contributed by atoms with van der Waals surface area (Å²) in [4.78, 5) is 0. The number of benzene rings is 3. The quantitative estimate of drug-likeness (QED) is 0.543. The minimum Gasteiger partial charge on any atom is -0.385 e. The number of para-hydroxylation sites is 1. The molecule has 3 heteroatoms. The minimum atomic E-state index is -1.56. The molecule has 0 amide bonds. The van der Waals surface area contributed by atoms with Crippen LogP contribution in [0, 0.1) is 13.8 Å². The van der Waals surface area contributed by atoms with Crippen molar-refractivity contribution in [3.63, 3.8) is 0 Å². The fourth-order valence-electron chi connectivity index (χ4n) is 3.91. The zero-order valence-electron chi connectivity index (χ0n) is 16.4. The van der Waals surface area contributed by atoms with Gasteiger partial charge in [-0.25, -0.2) is 0 Å². The molecule has 28 heavy (non-hydrogen) atoms. The van der Waals surface area contributed by atoms with Crippen molar-refractivity contribution in [1.82, 2.24) is 4.57 Å². The van der Waals surface area contributed by atoms with Crippen molar-refractivity contribution < 1.29 is 10.2 Å². The molecule has 0 spiro atoms. The molecule has 4 aromatic rings. The Bertz CT molecular complexity index is 1060. The van der Waals surface area contributed by atoms with E-state index in [0.717, 1.165) is 22.0 Å². The highest BCUT2D eigenvalue weighted by molar-refractivity contribution is 5.84. The highest BCUT2D eigenvalue weighted by Gasteiger charge is 2.41. The summed E-state index contributed by atoms with van der Waals surface area (Å²) in [7, 11) is 1.95. The first-order valence-electron chi connectivity index (χ1n) is 9.50. The number of aryl methyl sites for hydroxylation is 3. The maximum Gasteiger partial charge on any atom is 0.145 e. The van der Waals surface area contributed by atoms with E-state index in [0.29, 0.717) is 16.7 Å². The van der Waals surface area contributed by atoms with Crippen LogP contribution < -0.4 is 0 Å². The molecule has 3 nitrogen and oxygen atoms in total. The summed E-state index contributed by atoms with van der Waals surface area (Å²) >= 11 is 0. The van der Waals surface area contributed by atoms with Gasteiger partial charge in [-0.15, -0.1) is 0 Å². The van der Waals surface area contributed by atoms with E-state index in [1.165, 1.54) is 0 Å². The Labute approximate surface area is 165 Å². The van der Waals surface area contributed by atoms with Gasteiger partial charge in [0.05, 0.1) is 0 Å². The molecule has 0 radical (unpaired) electrons. The second-order valence-electron chi connectivity index (χ2n) is 7.61. The summed E-state index contributed by atoms with van der Waals surface area (Å²) in [5.74, 6) is 0. The molecule has 1 aromatic heterocycles. The zero-order valence-corrected chi connectivity index (χ0v) is 16.4. The van der Waals surface area contributed by atoms with E-state index in [9.17, 15) is 10.2 Å². The number of aromatic nitrogens is 1. The Hall–Kier alpha value is -2.88. The van der Waals surface area contributed by atoms with Crippen molar-refractivity contribution in [1.29, 1.82) is 0 Å². The second kappa shape index (κ2) is 6.93. The molecular weight excluding hydrogens is 346 g/mol. The van der Waals surface area contributed by atoms with Crippen molar-refractivity contribution in [2.45, 2.75) is 25.6 Å². The summed E-state index contributed by atoms with van der Waals surface area (Å²) in [6, 6.07) is 23.4. The summed E-state index contributed by atoms with van der Waals surface area (Å²) < 4.78 is 1.98. The average Bonchev–Trinajstić information content (AvgIpc) is 3.05. The number of aliphatic hydroxyl groups excluding tert-OH is 1. The van der Waals surface area contributed by atoms with Gasteiger partial charge < -0.3 is 14.8 Å². The predicted octanol–water partition coefficient (Wildman–Crippen LogP) is 4.76. The van der Waals surface area contributed by atoms with Crippen LogP contribution >= 0.6 is 0 Å². The van der Waals surface area contributed by atoms with Gasteiger partial charge in [-0.3, -0.25) is 0 Å². The molecule has 0 aliphatic heterocycles. The summed E-state index contributed by atoms with van der Waals surface area (Å²) in [6.07, 6.45) is 0.784. The van der Waals surface area contributed by atoms with E-state index in [-0.39, 0.29) is 0 Å². The molecule has 0 fully saturated rings. The summed E-state index contributed by atoms with van der Waals surface area (Å²) in [5, 5.41) is 24.4. The number of hydrogen-bond donors (Lipinski definition) is 2. The first kappa shape index (κ1) is 18.5. The number of aliphatic hydroxyl groups is 2. The Balaban J connectivity index is 1.94. The Morgan fingerprint density at radius 2 is 1.29 bits per heavy atom. The highest BCUT2D eigenvalue weighted by atomic mass is 16.3. The fourth-order valence-corrected chi connectivity index (χ4v) is 3.91. The van der Waals surface area contributed by atoms with Crippen molar-refractivity contribution >= 4 is 10.9 Å². The first-order chi connectivity index (χ1) is 13.4. The molecule has 0 saturated carbocycles. The van der Waals surface area contributed by atoms with E-state index in [2.05, 4.69) is 0 Å². The van der Waals surface area contributed by atoms with Crippen LogP contribution in [0.2, 0.25) is 0 Å². The third-order valence-electron chi connectivity index (χ3n) is 5.60. The number of fused-ring (bicyclic) bond motifs is 1. The normalized spacial score (nSPS) is 13.0. The van der Waals surface area contributed by atoms with Gasteiger partial charge in [0.25, 0.3) is 0 Å². The first-order valence-corrected chi connectivity index (χ1v) is 9.50. The average molecular weight is 371 g/mol. The van der Waals surface area contributed by atoms with Crippen LogP contribution in [0.1, 0.15) is 33.9 Å². The Morgan fingerprint density at radius 3 is 1.82 bits per heavy atom. The van der Waals surface area contributed by atoms with Gasteiger partial charge in [0.2, 0.25) is 0 Å². The summed E-state index contributed by atoms with van der Waals surface area (Å²) in [6.45, 7) is 4.02. The standard InChI is InChI=1S/C25H25NO2/c1-17-8-12-19(13-9-17)25(28,20-14-10-18(2)11-15-20)24(27)22-16-26(3)23-7-5-4-6-21(22)23/h4-16,24,27-28H,1-3H3. The molecule has 3 aromatic carbocycles. The molecule has 142 valence electrons. The predicted molar refractivity (Wildman–Crippen MR) is 113 cm³/mol. The van der Waals surface area contributed by atoms with Crippen LogP contribution in [0.5, 0.6) is 0 Å². The van der Waals surface area contributed by atoms with Gasteiger partial charge >= 0.3 is 0 Å². The van der Waals surface area contributed by atoms with Crippen LogP contribution in [-0.2, 0) is 12.6 Å². The zero-order chi connectivity index (χ0) is 19.9. The van der Waals surface area contributed by atoms with Gasteiger partial charge in [0.1, 0.15) is 11.7 Å². The number of nitrogens with zero attached hydrogens (tertiary/aromatic N) is 1. The molecule has 2 N–H and O–H groups in total. The molecule has 0 aliphatic rings. The largest absolute Gasteiger partial charge is 0.385 e. The molecule has 0 aliphatic carbocycles. The SMILES string of the molecule is Cc1ccc(C(O)(c2ccc(C)cc2)C(O)c2cn(C)c3ccccc23)cc1. The monoisotopic (exact) mass is 371 g/mol. The van der Waals surface area contributed by atoms with Gasteiger partial charge in [-0.1, -0.05) is 77.9 Å². The lowest BCUT2D eigenvalue weighted by atomic mass is 9.78. The van der Waals surface area contributed by atoms with Crippen molar-refractivity contribution in [2.75, 3.05) is 0 Å². The van der Waals surface area contributed by atoms with Crippen molar-refractivity contribution in [2.24, 2.45) is 7.05 Å². The maximum atomic E-state index is 12.0. The Morgan fingerprint density at radius 1 is 0.786 bits per heavy atom. The lowest BCUT2D eigenvalue weighted by Gasteiger charge is -2.34.